The molecule has 1 amide bonds. The summed E-state index contributed by atoms with van der Waals surface area (Å²) in [6.07, 6.45) is 0.999. The summed E-state index contributed by atoms with van der Waals surface area (Å²) in [6, 6.07) is 11.7. The zero-order valence-corrected chi connectivity index (χ0v) is 13.0. The molecule has 0 aliphatic carbocycles. The predicted molar refractivity (Wildman–Crippen MR) is 85.8 cm³/mol. The van der Waals surface area contributed by atoms with E-state index < -0.39 is 6.10 Å². The van der Waals surface area contributed by atoms with E-state index in [1.165, 1.54) is 0 Å². The lowest BCUT2D eigenvalue weighted by atomic mass is 9.93. The van der Waals surface area contributed by atoms with Gasteiger partial charge in [-0.15, -0.1) is 0 Å². The third-order valence-corrected chi connectivity index (χ3v) is 3.65. The van der Waals surface area contributed by atoms with Crippen LogP contribution in [0.4, 0.5) is 0 Å². The third kappa shape index (κ3) is 4.43. The maximum absolute atomic E-state index is 12.1. The molecule has 2 atom stereocenters. The molecule has 118 valence electrons. The number of H-pyrrole nitrogens is 1. The number of aryl methyl sites for hydroxylation is 1. The molecule has 3 N–H and O–H groups in total. The first kappa shape index (κ1) is 16.2. The molecule has 0 bridgehead atoms. The van der Waals surface area contributed by atoms with E-state index >= 15 is 0 Å². The largest absolute Gasteiger partial charge is 0.393 e. The summed E-state index contributed by atoms with van der Waals surface area (Å²) in [5.41, 5.74) is 2.45. The van der Waals surface area contributed by atoms with Crippen molar-refractivity contribution in [2.45, 2.75) is 38.7 Å². The zero-order chi connectivity index (χ0) is 15.9. The van der Waals surface area contributed by atoms with E-state index in [2.05, 4.69) is 15.5 Å². The second kappa shape index (κ2) is 7.75. The fraction of sp³-hybridized carbons (Fsp3) is 0.412. The summed E-state index contributed by atoms with van der Waals surface area (Å²) in [6.45, 7) is 4.24. The van der Waals surface area contributed by atoms with Gasteiger partial charge in [-0.1, -0.05) is 37.3 Å². The average molecular weight is 301 g/mol. The molecule has 1 aromatic heterocycles. The molecule has 0 radical (unpaired) electrons. The number of aliphatic hydroxyl groups is 1. The lowest BCUT2D eigenvalue weighted by molar-refractivity contribution is 0.0940. The molecular formula is C17H23N3O2. The van der Waals surface area contributed by atoms with Crippen molar-refractivity contribution in [1.82, 2.24) is 15.5 Å². The van der Waals surface area contributed by atoms with Gasteiger partial charge in [0.25, 0.3) is 5.91 Å². The minimum atomic E-state index is -0.417. The number of benzene rings is 1. The molecular weight excluding hydrogens is 278 g/mol. The highest BCUT2D eigenvalue weighted by Gasteiger charge is 2.17. The highest BCUT2D eigenvalue weighted by Crippen LogP contribution is 2.20. The summed E-state index contributed by atoms with van der Waals surface area (Å²) in [7, 11) is 0. The monoisotopic (exact) mass is 301 g/mol. The van der Waals surface area contributed by atoms with Crippen LogP contribution in [-0.4, -0.2) is 33.9 Å². The SMILES string of the molecule is CCc1cc(C(=O)NCC(CC(C)O)c2ccccc2)n[nH]1. The van der Waals surface area contributed by atoms with Gasteiger partial charge in [0, 0.05) is 18.2 Å². The van der Waals surface area contributed by atoms with Crippen molar-refractivity contribution in [3.8, 4) is 0 Å². The predicted octanol–water partition coefficient (Wildman–Crippen LogP) is 2.26. The van der Waals surface area contributed by atoms with Gasteiger partial charge in [0.05, 0.1) is 6.10 Å². The van der Waals surface area contributed by atoms with Crippen LogP contribution in [0.15, 0.2) is 36.4 Å². The quantitative estimate of drug-likeness (QED) is 0.734. The van der Waals surface area contributed by atoms with Crippen molar-refractivity contribution in [2.24, 2.45) is 0 Å². The summed E-state index contributed by atoms with van der Waals surface area (Å²) < 4.78 is 0. The van der Waals surface area contributed by atoms with Crippen LogP contribution in [0.5, 0.6) is 0 Å². The number of nitrogens with one attached hydrogen (secondary N) is 2. The van der Waals surface area contributed by atoms with E-state index in [-0.39, 0.29) is 11.8 Å². The van der Waals surface area contributed by atoms with E-state index in [0.717, 1.165) is 17.7 Å². The van der Waals surface area contributed by atoms with Crippen LogP contribution in [0.2, 0.25) is 0 Å². The minimum Gasteiger partial charge on any atom is -0.393 e. The number of carbonyl (C=O) groups is 1. The molecule has 22 heavy (non-hydrogen) atoms. The van der Waals surface area contributed by atoms with Crippen molar-refractivity contribution in [1.29, 1.82) is 0 Å². The Labute approximate surface area is 130 Å². The lowest BCUT2D eigenvalue weighted by Crippen LogP contribution is -2.30. The van der Waals surface area contributed by atoms with E-state index in [9.17, 15) is 9.90 Å². The van der Waals surface area contributed by atoms with Gasteiger partial charge in [0.2, 0.25) is 0 Å². The lowest BCUT2D eigenvalue weighted by Gasteiger charge is -2.19. The van der Waals surface area contributed by atoms with E-state index in [1.54, 1.807) is 13.0 Å². The molecule has 0 aliphatic rings. The smallest absolute Gasteiger partial charge is 0.271 e. The van der Waals surface area contributed by atoms with Gasteiger partial charge >= 0.3 is 0 Å². The van der Waals surface area contributed by atoms with Crippen LogP contribution in [-0.2, 0) is 6.42 Å². The number of aromatic amines is 1. The van der Waals surface area contributed by atoms with Gasteiger partial charge in [0.1, 0.15) is 5.69 Å². The number of carbonyl (C=O) groups excluding carboxylic acids is 1. The van der Waals surface area contributed by atoms with Gasteiger partial charge < -0.3 is 10.4 Å². The van der Waals surface area contributed by atoms with Crippen molar-refractivity contribution in [3.05, 3.63) is 53.3 Å². The second-order valence-electron chi connectivity index (χ2n) is 5.53. The highest BCUT2D eigenvalue weighted by molar-refractivity contribution is 5.92. The number of aliphatic hydroxyl groups excluding tert-OH is 1. The van der Waals surface area contributed by atoms with E-state index in [4.69, 9.17) is 0 Å². The van der Waals surface area contributed by atoms with Crippen molar-refractivity contribution in [3.63, 3.8) is 0 Å². The maximum atomic E-state index is 12.1. The van der Waals surface area contributed by atoms with Crippen molar-refractivity contribution in [2.75, 3.05) is 6.54 Å². The molecule has 2 unspecified atom stereocenters. The maximum Gasteiger partial charge on any atom is 0.271 e. The molecule has 1 heterocycles. The molecule has 1 aromatic carbocycles. The molecule has 5 nitrogen and oxygen atoms in total. The summed E-state index contributed by atoms with van der Waals surface area (Å²) >= 11 is 0. The van der Waals surface area contributed by atoms with Gasteiger partial charge in [-0.3, -0.25) is 9.89 Å². The molecule has 0 spiro atoms. The Morgan fingerprint density at radius 3 is 2.68 bits per heavy atom. The molecule has 2 rings (SSSR count). The number of hydrogen-bond donors (Lipinski definition) is 3. The fourth-order valence-electron chi connectivity index (χ4n) is 2.44. The van der Waals surface area contributed by atoms with Crippen LogP contribution in [0.1, 0.15) is 47.9 Å². The Hall–Kier alpha value is -2.14. The van der Waals surface area contributed by atoms with E-state index in [0.29, 0.717) is 18.7 Å². The first-order chi connectivity index (χ1) is 10.6. The zero-order valence-electron chi connectivity index (χ0n) is 13.0. The van der Waals surface area contributed by atoms with Crippen LogP contribution >= 0.6 is 0 Å². The molecule has 0 fully saturated rings. The Balaban J connectivity index is 2.00. The van der Waals surface area contributed by atoms with Gasteiger partial charge in [-0.05, 0) is 31.4 Å². The number of rotatable bonds is 7. The molecule has 2 aromatic rings. The van der Waals surface area contributed by atoms with Gasteiger partial charge in [-0.25, -0.2) is 0 Å². The molecule has 0 saturated heterocycles. The van der Waals surface area contributed by atoms with Crippen LogP contribution in [0, 0.1) is 0 Å². The minimum absolute atomic E-state index is 0.0785. The Morgan fingerprint density at radius 1 is 1.36 bits per heavy atom. The van der Waals surface area contributed by atoms with Crippen molar-refractivity contribution < 1.29 is 9.90 Å². The Bertz CT molecular complexity index is 593. The summed E-state index contributed by atoms with van der Waals surface area (Å²) in [5.74, 6) is -0.114. The third-order valence-electron chi connectivity index (χ3n) is 3.65. The van der Waals surface area contributed by atoms with Crippen LogP contribution in [0.25, 0.3) is 0 Å². The number of aromatic nitrogens is 2. The number of nitrogens with zero attached hydrogens (tertiary/aromatic N) is 1. The number of amides is 1. The number of hydrogen-bond acceptors (Lipinski definition) is 3. The fourth-order valence-corrected chi connectivity index (χ4v) is 2.44. The Morgan fingerprint density at radius 2 is 2.09 bits per heavy atom. The standard InChI is InChI=1S/C17H23N3O2/c1-3-15-10-16(20-19-15)17(22)18-11-14(9-12(2)21)13-7-5-4-6-8-13/h4-8,10,12,14,21H,3,9,11H2,1-2H3,(H,18,22)(H,19,20). The van der Waals surface area contributed by atoms with Gasteiger partial charge in [-0.2, -0.15) is 5.10 Å². The second-order valence-corrected chi connectivity index (χ2v) is 5.53. The summed E-state index contributed by atoms with van der Waals surface area (Å²) in [4.78, 5) is 12.1. The van der Waals surface area contributed by atoms with E-state index in [1.807, 2.05) is 37.3 Å². The first-order valence-corrected chi connectivity index (χ1v) is 7.65. The highest BCUT2D eigenvalue weighted by atomic mass is 16.3. The molecule has 5 heteroatoms. The normalized spacial score (nSPS) is 13.6. The average Bonchev–Trinajstić information content (AvgIpc) is 3.01. The first-order valence-electron chi connectivity index (χ1n) is 7.65. The van der Waals surface area contributed by atoms with Crippen LogP contribution < -0.4 is 5.32 Å². The molecule has 0 aliphatic heterocycles. The Kier molecular flexibility index (Phi) is 5.72. The topological polar surface area (TPSA) is 78.0 Å². The van der Waals surface area contributed by atoms with Gasteiger partial charge in [0.15, 0.2) is 0 Å². The van der Waals surface area contributed by atoms with Crippen LogP contribution in [0.3, 0.4) is 0 Å². The molecule has 0 saturated carbocycles. The summed E-state index contributed by atoms with van der Waals surface area (Å²) in [5, 5.41) is 19.4. The van der Waals surface area contributed by atoms with Crippen molar-refractivity contribution >= 4 is 5.91 Å².